The molecule has 0 aliphatic rings. The van der Waals surface area contributed by atoms with Crippen molar-refractivity contribution in [2.24, 2.45) is 0 Å². The molecule has 5 nitrogen and oxygen atoms in total. The van der Waals surface area contributed by atoms with Crippen LogP contribution in [-0.4, -0.2) is 14.9 Å². The number of imidazole rings is 1. The molecule has 2 rings (SSSR count). The number of hydrogen-bond acceptors (Lipinski definition) is 3. The van der Waals surface area contributed by atoms with Crippen LogP contribution in [0.3, 0.4) is 0 Å². The summed E-state index contributed by atoms with van der Waals surface area (Å²) in [7, 11) is 0. The Kier molecular flexibility index (Phi) is 1.95. The minimum absolute atomic E-state index is 0.0851. The number of H-pyrrole nitrogens is 1. The molecule has 1 aromatic heterocycles. The van der Waals surface area contributed by atoms with E-state index < -0.39 is 16.4 Å². The predicted octanol–water partition coefficient (Wildman–Crippen LogP) is 2.37. The molecule has 1 heterocycles. The smallest absolute Gasteiger partial charge is 0.330 e. The Morgan fingerprint density at radius 1 is 1.64 bits per heavy atom. The summed E-state index contributed by atoms with van der Waals surface area (Å²) in [5.74, 6) is -0.890. The first-order chi connectivity index (χ1) is 6.61. The molecule has 0 atom stereocenters. The Morgan fingerprint density at radius 2 is 2.36 bits per heavy atom. The van der Waals surface area contributed by atoms with Gasteiger partial charge in [-0.1, -0.05) is 0 Å². The van der Waals surface area contributed by atoms with Crippen LogP contribution in [0.2, 0.25) is 0 Å². The first-order valence-corrected chi connectivity index (χ1v) is 4.36. The van der Waals surface area contributed by atoms with Gasteiger partial charge in [-0.3, -0.25) is 10.1 Å². The van der Waals surface area contributed by atoms with Gasteiger partial charge in [0, 0.05) is 4.47 Å². The zero-order valence-electron chi connectivity index (χ0n) is 6.62. The third-order valence-electron chi connectivity index (χ3n) is 1.76. The van der Waals surface area contributed by atoms with Crippen molar-refractivity contribution in [1.29, 1.82) is 0 Å². The van der Waals surface area contributed by atoms with Crippen LogP contribution in [0.15, 0.2) is 16.9 Å². The van der Waals surface area contributed by atoms with Crippen molar-refractivity contribution in [3.05, 3.63) is 32.8 Å². The van der Waals surface area contributed by atoms with E-state index in [4.69, 9.17) is 0 Å². The van der Waals surface area contributed by atoms with E-state index in [1.807, 2.05) is 0 Å². The van der Waals surface area contributed by atoms with Crippen LogP contribution in [0.1, 0.15) is 0 Å². The first-order valence-electron chi connectivity index (χ1n) is 3.56. The van der Waals surface area contributed by atoms with Gasteiger partial charge >= 0.3 is 5.69 Å². The molecule has 0 saturated heterocycles. The van der Waals surface area contributed by atoms with Crippen molar-refractivity contribution in [2.75, 3.05) is 0 Å². The Hall–Kier alpha value is -1.50. The number of aromatic nitrogens is 2. The lowest BCUT2D eigenvalue weighted by Crippen LogP contribution is -1.94. The average Bonchev–Trinajstić information content (AvgIpc) is 2.51. The fourth-order valence-electron chi connectivity index (χ4n) is 1.20. The number of aromatic amines is 1. The van der Waals surface area contributed by atoms with Crippen molar-refractivity contribution < 1.29 is 9.31 Å². The highest BCUT2D eigenvalue weighted by Gasteiger charge is 2.22. The van der Waals surface area contributed by atoms with E-state index in [9.17, 15) is 14.5 Å². The molecule has 14 heavy (non-hydrogen) atoms. The van der Waals surface area contributed by atoms with E-state index in [2.05, 4.69) is 25.9 Å². The summed E-state index contributed by atoms with van der Waals surface area (Å²) >= 11 is 3.07. The van der Waals surface area contributed by atoms with Gasteiger partial charge < -0.3 is 4.98 Å². The summed E-state index contributed by atoms with van der Waals surface area (Å²) in [6.45, 7) is 0. The molecule has 1 aromatic carbocycles. The van der Waals surface area contributed by atoms with Gasteiger partial charge in [0.2, 0.25) is 5.82 Å². The molecule has 0 saturated carbocycles. The zero-order valence-corrected chi connectivity index (χ0v) is 8.21. The zero-order chi connectivity index (χ0) is 10.3. The maximum absolute atomic E-state index is 13.2. The summed E-state index contributed by atoms with van der Waals surface area (Å²) in [6, 6.07) is 1.03. The quantitative estimate of drug-likeness (QED) is 0.631. The molecule has 7 heteroatoms. The fraction of sp³-hybridized carbons (Fsp3) is 0. The molecule has 0 radical (unpaired) electrons. The highest BCUT2D eigenvalue weighted by molar-refractivity contribution is 9.10. The summed E-state index contributed by atoms with van der Waals surface area (Å²) in [5.41, 5.74) is -0.152. The number of fused-ring (bicyclic) bond motifs is 1. The number of rotatable bonds is 1. The Balaban J connectivity index is 2.93. The van der Waals surface area contributed by atoms with Crippen LogP contribution in [0.4, 0.5) is 10.1 Å². The van der Waals surface area contributed by atoms with Crippen LogP contribution >= 0.6 is 15.9 Å². The maximum atomic E-state index is 13.2. The summed E-state index contributed by atoms with van der Waals surface area (Å²) in [6.07, 6.45) is 1.28. The molecule has 0 spiro atoms. The second-order valence-electron chi connectivity index (χ2n) is 2.57. The van der Waals surface area contributed by atoms with E-state index in [1.165, 1.54) is 6.33 Å². The van der Waals surface area contributed by atoms with Gasteiger partial charge in [-0.05, 0) is 22.0 Å². The molecule has 0 aliphatic heterocycles. The molecule has 1 N–H and O–H groups in total. The van der Waals surface area contributed by atoms with Crippen LogP contribution < -0.4 is 0 Å². The summed E-state index contributed by atoms with van der Waals surface area (Å²) in [5, 5.41) is 10.5. The molecule has 0 bridgehead atoms. The third-order valence-corrected chi connectivity index (χ3v) is 2.37. The van der Waals surface area contributed by atoms with E-state index >= 15 is 0 Å². The second-order valence-corrected chi connectivity index (χ2v) is 3.43. The number of nitrogens with one attached hydrogen (secondary N) is 1. The van der Waals surface area contributed by atoms with E-state index in [0.29, 0.717) is 9.99 Å². The number of nitro benzene ring substituents is 1. The molecule has 72 valence electrons. The maximum Gasteiger partial charge on any atom is 0.330 e. The lowest BCUT2D eigenvalue weighted by atomic mass is 10.2. The third kappa shape index (κ3) is 1.17. The highest BCUT2D eigenvalue weighted by Crippen LogP contribution is 2.31. The summed E-state index contributed by atoms with van der Waals surface area (Å²) < 4.78 is 13.6. The number of nitrogens with zero attached hydrogens (tertiary/aromatic N) is 2. The molecule has 0 unspecified atom stereocenters. The fourth-order valence-corrected chi connectivity index (χ4v) is 1.70. The minimum Gasteiger partial charge on any atom is -0.339 e. The molecule has 0 fully saturated rings. The number of benzene rings is 1. The topological polar surface area (TPSA) is 71.8 Å². The second kappa shape index (κ2) is 3.02. The SMILES string of the molecule is O=[N+]([O-])c1c(F)cc(Br)c2nc[nH]c12. The normalized spacial score (nSPS) is 10.7. The first kappa shape index (κ1) is 9.07. The van der Waals surface area contributed by atoms with E-state index in [1.54, 1.807) is 0 Å². The van der Waals surface area contributed by atoms with E-state index in [-0.39, 0.29) is 5.52 Å². The van der Waals surface area contributed by atoms with Crippen molar-refractivity contribution in [3.8, 4) is 0 Å². The monoisotopic (exact) mass is 259 g/mol. The molecular formula is C7H3BrFN3O2. The number of halogens is 2. The van der Waals surface area contributed by atoms with Crippen LogP contribution in [0.5, 0.6) is 0 Å². The molecule has 2 aromatic rings. The van der Waals surface area contributed by atoms with Crippen LogP contribution in [0.25, 0.3) is 11.0 Å². The van der Waals surface area contributed by atoms with Gasteiger partial charge in [-0.25, -0.2) is 4.98 Å². The standard InChI is InChI=1S/C7H3BrFN3O2/c8-3-1-4(9)7(12(13)14)6-5(3)10-2-11-6/h1-2H,(H,10,11). The van der Waals surface area contributed by atoms with Crippen molar-refractivity contribution in [3.63, 3.8) is 0 Å². The van der Waals surface area contributed by atoms with Gasteiger partial charge in [0.15, 0.2) is 0 Å². The average molecular weight is 260 g/mol. The number of nitro groups is 1. The van der Waals surface area contributed by atoms with Crippen LogP contribution in [0, 0.1) is 15.9 Å². The lowest BCUT2D eigenvalue weighted by Gasteiger charge is -1.96. The van der Waals surface area contributed by atoms with Gasteiger partial charge in [0.05, 0.1) is 11.3 Å². The van der Waals surface area contributed by atoms with Crippen molar-refractivity contribution in [1.82, 2.24) is 9.97 Å². The molecule has 0 amide bonds. The van der Waals surface area contributed by atoms with Crippen molar-refractivity contribution in [2.45, 2.75) is 0 Å². The van der Waals surface area contributed by atoms with Gasteiger partial charge in [0.25, 0.3) is 0 Å². The Labute approximate surface area is 85.2 Å². The van der Waals surface area contributed by atoms with Gasteiger partial charge in [0.1, 0.15) is 11.0 Å². The van der Waals surface area contributed by atoms with E-state index in [0.717, 1.165) is 6.07 Å². The minimum atomic E-state index is -0.890. The number of hydrogen-bond donors (Lipinski definition) is 1. The molecule has 0 aliphatic carbocycles. The van der Waals surface area contributed by atoms with Gasteiger partial charge in [-0.15, -0.1) is 0 Å². The largest absolute Gasteiger partial charge is 0.339 e. The summed E-state index contributed by atoms with van der Waals surface area (Å²) in [4.78, 5) is 16.1. The predicted molar refractivity (Wildman–Crippen MR) is 50.4 cm³/mol. The van der Waals surface area contributed by atoms with Crippen LogP contribution in [-0.2, 0) is 0 Å². The Bertz CT molecular complexity index is 525. The lowest BCUT2D eigenvalue weighted by molar-refractivity contribution is -0.385. The van der Waals surface area contributed by atoms with Crippen molar-refractivity contribution >= 4 is 32.7 Å². The Morgan fingerprint density at radius 3 is 3.00 bits per heavy atom. The molecular weight excluding hydrogens is 257 g/mol. The van der Waals surface area contributed by atoms with Gasteiger partial charge in [-0.2, -0.15) is 4.39 Å². The highest BCUT2D eigenvalue weighted by atomic mass is 79.9.